The monoisotopic (exact) mass is 309 g/mol. The van der Waals surface area contributed by atoms with E-state index in [4.69, 9.17) is 12.2 Å². The average Bonchev–Trinajstić information content (AvgIpc) is 2.45. The largest absolute Gasteiger partial charge is 0.361 e. The van der Waals surface area contributed by atoms with Gasteiger partial charge in [-0.05, 0) is 43.4 Å². The summed E-state index contributed by atoms with van der Waals surface area (Å²) in [5.41, 5.74) is 1.16. The van der Waals surface area contributed by atoms with Crippen molar-refractivity contribution < 1.29 is 0 Å². The molecule has 1 N–H and O–H groups in total. The fraction of sp³-hybridized carbons (Fsp3) is 0.467. The molecule has 0 fully saturated rings. The molecule has 3 nitrogen and oxygen atoms in total. The molecule has 0 aromatic heterocycles. The molecule has 0 bridgehead atoms. The van der Waals surface area contributed by atoms with Gasteiger partial charge in [-0.1, -0.05) is 43.8 Å². The molecule has 110 valence electrons. The standard InChI is InChI=1S/C15H23N3S2/c1-4-12-18(13-10-8-7-9-11-13)15(20-6-3)17-14(19)16-5-2/h7-11H,4-6,12H2,1-3H3,(H,16,19)/b17-15-. The molecule has 0 aliphatic heterocycles. The van der Waals surface area contributed by atoms with Crippen LogP contribution in [0.25, 0.3) is 0 Å². The maximum atomic E-state index is 5.26. The van der Waals surface area contributed by atoms with Crippen LogP contribution < -0.4 is 10.2 Å². The molecule has 0 saturated carbocycles. The van der Waals surface area contributed by atoms with E-state index in [1.165, 1.54) is 0 Å². The second-order valence-corrected chi connectivity index (χ2v) is 5.77. The lowest BCUT2D eigenvalue weighted by Crippen LogP contribution is -2.32. The molecular formula is C15H23N3S2. The zero-order chi connectivity index (χ0) is 14.8. The zero-order valence-corrected chi connectivity index (χ0v) is 14.1. The summed E-state index contributed by atoms with van der Waals surface area (Å²) in [6.07, 6.45) is 1.06. The quantitative estimate of drug-likeness (QED) is 0.507. The first-order valence-corrected chi connectivity index (χ1v) is 8.44. The van der Waals surface area contributed by atoms with Crippen molar-refractivity contribution in [3.63, 3.8) is 0 Å². The number of hydrogen-bond acceptors (Lipinski definition) is 2. The van der Waals surface area contributed by atoms with Crippen LogP contribution in [0.3, 0.4) is 0 Å². The molecular weight excluding hydrogens is 286 g/mol. The molecule has 5 heteroatoms. The van der Waals surface area contributed by atoms with E-state index in [0.29, 0.717) is 5.11 Å². The van der Waals surface area contributed by atoms with Crippen LogP contribution in [0.15, 0.2) is 35.3 Å². The second kappa shape index (κ2) is 9.77. The lowest BCUT2D eigenvalue weighted by Gasteiger charge is -2.25. The van der Waals surface area contributed by atoms with Gasteiger partial charge in [0.2, 0.25) is 0 Å². The lowest BCUT2D eigenvalue weighted by molar-refractivity contribution is 0.907. The summed E-state index contributed by atoms with van der Waals surface area (Å²) in [6, 6.07) is 10.3. The van der Waals surface area contributed by atoms with Gasteiger partial charge in [-0.2, -0.15) is 4.99 Å². The Morgan fingerprint density at radius 1 is 1.25 bits per heavy atom. The Balaban J connectivity index is 3.02. The van der Waals surface area contributed by atoms with Gasteiger partial charge in [0.15, 0.2) is 10.3 Å². The number of thioether (sulfide) groups is 1. The summed E-state index contributed by atoms with van der Waals surface area (Å²) in [4.78, 5) is 6.81. The smallest absolute Gasteiger partial charge is 0.195 e. The maximum absolute atomic E-state index is 5.26. The number of aliphatic imine (C=N–C) groups is 1. The van der Waals surface area contributed by atoms with Crippen LogP contribution in [0.1, 0.15) is 27.2 Å². The van der Waals surface area contributed by atoms with E-state index in [1.54, 1.807) is 11.8 Å². The molecule has 0 radical (unpaired) electrons. The number of thiocarbonyl (C=S) groups is 1. The number of hydrogen-bond donors (Lipinski definition) is 1. The molecule has 0 amide bonds. The molecule has 0 saturated heterocycles. The van der Waals surface area contributed by atoms with E-state index in [-0.39, 0.29) is 0 Å². The van der Waals surface area contributed by atoms with Crippen molar-refractivity contribution in [2.24, 2.45) is 4.99 Å². The zero-order valence-electron chi connectivity index (χ0n) is 12.4. The third-order valence-electron chi connectivity index (χ3n) is 2.54. The normalized spacial score (nSPS) is 11.2. The van der Waals surface area contributed by atoms with Gasteiger partial charge >= 0.3 is 0 Å². The Morgan fingerprint density at radius 2 is 1.95 bits per heavy atom. The van der Waals surface area contributed by atoms with Crippen molar-refractivity contribution in [2.75, 3.05) is 23.7 Å². The SMILES string of the molecule is CCCN(/C(=N/C(=S)NCC)SCC)c1ccccc1. The Morgan fingerprint density at radius 3 is 2.50 bits per heavy atom. The third kappa shape index (κ3) is 5.51. The highest BCUT2D eigenvalue weighted by Gasteiger charge is 2.13. The average molecular weight is 310 g/mol. The number of amidine groups is 1. The van der Waals surface area contributed by atoms with Gasteiger partial charge in [0.05, 0.1) is 0 Å². The van der Waals surface area contributed by atoms with Gasteiger partial charge in [-0.15, -0.1) is 0 Å². The fourth-order valence-electron chi connectivity index (χ4n) is 1.74. The molecule has 0 unspecified atom stereocenters. The number of rotatable bonds is 5. The van der Waals surface area contributed by atoms with E-state index in [0.717, 1.165) is 36.1 Å². The number of anilines is 1. The van der Waals surface area contributed by atoms with Crippen LogP contribution in [0, 0.1) is 0 Å². The predicted molar refractivity (Wildman–Crippen MR) is 95.9 cm³/mol. The Kier molecular flexibility index (Phi) is 8.30. The number of nitrogens with zero attached hydrogens (tertiary/aromatic N) is 2. The highest BCUT2D eigenvalue weighted by Crippen LogP contribution is 2.20. The van der Waals surface area contributed by atoms with E-state index in [9.17, 15) is 0 Å². The van der Waals surface area contributed by atoms with Crippen LogP contribution in [0.5, 0.6) is 0 Å². The Bertz CT molecular complexity index is 432. The topological polar surface area (TPSA) is 27.6 Å². The van der Waals surface area contributed by atoms with Gasteiger partial charge in [0.25, 0.3) is 0 Å². The van der Waals surface area contributed by atoms with Crippen molar-refractivity contribution in [3.8, 4) is 0 Å². The first-order valence-electron chi connectivity index (χ1n) is 7.04. The van der Waals surface area contributed by atoms with Gasteiger partial charge < -0.3 is 10.2 Å². The number of nitrogens with one attached hydrogen (secondary N) is 1. The highest BCUT2D eigenvalue weighted by atomic mass is 32.2. The van der Waals surface area contributed by atoms with Crippen LogP contribution in [-0.2, 0) is 0 Å². The van der Waals surface area contributed by atoms with E-state index in [2.05, 4.69) is 53.3 Å². The van der Waals surface area contributed by atoms with Crippen LogP contribution in [0.4, 0.5) is 5.69 Å². The second-order valence-electron chi connectivity index (χ2n) is 4.15. The first kappa shape index (κ1) is 17.0. The van der Waals surface area contributed by atoms with Gasteiger partial charge in [-0.3, -0.25) is 0 Å². The van der Waals surface area contributed by atoms with Gasteiger partial charge in [0.1, 0.15) is 0 Å². The molecule has 0 heterocycles. The third-order valence-corrected chi connectivity index (χ3v) is 3.64. The molecule has 0 aliphatic rings. The minimum Gasteiger partial charge on any atom is -0.361 e. The molecule has 1 aromatic carbocycles. The minimum atomic E-state index is 0.556. The van der Waals surface area contributed by atoms with Gasteiger partial charge in [0, 0.05) is 18.8 Å². The molecule has 0 aliphatic carbocycles. The van der Waals surface area contributed by atoms with Gasteiger partial charge in [-0.25, -0.2) is 0 Å². The molecule has 1 aromatic rings. The highest BCUT2D eigenvalue weighted by molar-refractivity contribution is 8.14. The first-order chi connectivity index (χ1) is 9.72. The summed E-state index contributed by atoms with van der Waals surface area (Å²) in [5, 5.41) is 4.61. The minimum absolute atomic E-state index is 0.556. The Labute approximate surface area is 131 Å². The van der Waals surface area contributed by atoms with Crippen molar-refractivity contribution >= 4 is 39.9 Å². The van der Waals surface area contributed by atoms with Crippen molar-refractivity contribution in [1.29, 1.82) is 0 Å². The van der Waals surface area contributed by atoms with Crippen molar-refractivity contribution in [1.82, 2.24) is 5.32 Å². The molecule has 0 spiro atoms. The van der Waals surface area contributed by atoms with Crippen LogP contribution in [0.2, 0.25) is 0 Å². The molecule has 1 rings (SSSR count). The summed E-state index contributed by atoms with van der Waals surface area (Å²) < 4.78 is 0. The van der Waals surface area contributed by atoms with Crippen LogP contribution >= 0.6 is 24.0 Å². The van der Waals surface area contributed by atoms with Crippen molar-refractivity contribution in [3.05, 3.63) is 30.3 Å². The maximum Gasteiger partial charge on any atom is 0.195 e. The molecule has 20 heavy (non-hydrogen) atoms. The predicted octanol–water partition coefficient (Wildman–Crippen LogP) is 3.91. The van der Waals surface area contributed by atoms with E-state index < -0.39 is 0 Å². The summed E-state index contributed by atoms with van der Waals surface area (Å²) in [5.74, 6) is 0.973. The number of para-hydroxylation sites is 1. The number of benzene rings is 1. The Hall–Kier alpha value is -1.07. The summed E-state index contributed by atoms with van der Waals surface area (Å²) >= 11 is 6.98. The van der Waals surface area contributed by atoms with Crippen LogP contribution in [-0.4, -0.2) is 29.1 Å². The molecule has 0 atom stereocenters. The van der Waals surface area contributed by atoms with Crippen molar-refractivity contribution in [2.45, 2.75) is 27.2 Å². The summed E-state index contributed by atoms with van der Waals surface area (Å²) in [7, 11) is 0. The summed E-state index contributed by atoms with van der Waals surface area (Å²) in [6.45, 7) is 8.06. The lowest BCUT2D eigenvalue weighted by atomic mass is 10.3. The van der Waals surface area contributed by atoms with E-state index >= 15 is 0 Å². The fourth-order valence-corrected chi connectivity index (χ4v) is 2.80. The van der Waals surface area contributed by atoms with E-state index in [1.807, 2.05) is 13.0 Å².